The molecule has 0 saturated carbocycles. The minimum atomic E-state index is -0.290. The van der Waals surface area contributed by atoms with Gasteiger partial charge in [-0.2, -0.15) is 5.10 Å². The van der Waals surface area contributed by atoms with Crippen LogP contribution in [0.15, 0.2) is 53.6 Å². The summed E-state index contributed by atoms with van der Waals surface area (Å²) in [6.07, 6.45) is 2.58. The van der Waals surface area contributed by atoms with Crippen molar-refractivity contribution in [2.45, 2.75) is 13.3 Å². The van der Waals surface area contributed by atoms with E-state index in [2.05, 4.69) is 40.0 Å². The van der Waals surface area contributed by atoms with Gasteiger partial charge in [-0.15, -0.1) is 0 Å². The molecule has 0 aliphatic rings. The van der Waals surface area contributed by atoms with Crippen molar-refractivity contribution in [1.82, 2.24) is 5.43 Å². The zero-order chi connectivity index (χ0) is 15.8. The van der Waals surface area contributed by atoms with E-state index in [1.165, 1.54) is 5.56 Å². The highest BCUT2D eigenvalue weighted by Gasteiger charge is 2.01. The van der Waals surface area contributed by atoms with Crippen LogP contribution >= 0.6 is 22.6 Å². The van der Waals surface area contributed by atoms with E-state index in [-0.39, 0.29) is 12.5 Å². The second-order valence-corrected chi connectivity index (χ2v) is 5.88. The molecule has 0 spiro atoms. The molecule has 2 rings (SSSR count). The number of benzene rings is 2. The van der Waals surface area contributed by atoms with E-state index in [0.29, 0.717) is 5.75 Å². The third-order valence-corrected chi connectivity index (χ3v) is 3.69. The van der Waals surface area contributed by atoms with Gasteiger partial charge in [0, 0.05) is 3.57 Å². The molecule has 0 heterocycles. The highest BCUT2D eigenvalue weighted by Crippen LogP contribution is 2.12. The van der Waals surface area contributed by atoms with Crippen LogP contribution in [0.3, 0.4) is 0 Å². The molecule has 0 unspecified atom stereocenters. The molecule has 0 aliphatic carbocycles. The fourth-order valence-electron chi connectivity index (χ4n) is 1.73. The minimum absolute atomic E-state index is 0.0600. The molecule has 114 valence electrons. The van der Waals surface area contributed by atoms with E-state index in [1.54, 1.807) is 6.21 Å². The number of hydrogen-bond acceptors (Lipinski definition) is 3. The van der Waals surface area contributed by atoms with Crippen LogP contribution in [0, 0.1) is 3.57 Å². The first-order valence-electron chi connectivity index (χ1n) is 6.96. The molecule has 0 saturated heterocycles. The maximum atomic E-state index is 11.6. The van der Waals surface area contributed by atoms with Crippen LogP contribution in [0.25, 0.3) is 0 Å². The van der Waals surface area contributed by atoms with E-state index >= 15 is 0 Å². The van der Waals surface area contributed by atoms with E-state index < -0.39 is 0 Å². The number of nitrogens with one attached hydrogen (secondary N) is 1. The van der Waals surface area contributed by atoms with E-state index in [4.69, 9.17) is 4.74 Å². The van der Waals surface area contributed by atoms with Crippen molar-refractivity contribution in [2.24, 2.45) is 5.10 Å². The van der Waals surface area contributed by atoms with E-state index in [1.807, 2.05) is 48.5 Å². The number of nitrogens with zero attached hydrogens (tertiary/aromatic N) is 1. The molecule has 1 N–H and O–H groups in total. The predicted molar refractivity (Wildman–Crippen MR) is 96.2 cm³/mol. The van der Waals surface area contributed by atoms with Crippen LogP contribution in [0.1, 0.15) is 18.1 Å². The normalized spacial score (nSPS) is 10.6. The third-order valence-electron chi connectivity index (χ3n) is 2.97. The standard InChI is InChI=1S/C17H17IN2O2/c1-2-13-5-9-16(10-6-13)22-12-17(21)20-19-11-14-3-7-15(18)8-4-14/h3-11H,2,12H2,1H3,(H,20,21)/b19-11+. The number of rotatable bonds is 6. The molecule has 2 aromatic carbocycles. The third kappa shape index (κ3) is 5.48. The van der Waals surface area contributed by atoms with E-state index in [0.717, 1.165) is 15.6 Å². The van der Waals surface area contributed by atoms with Crippen LogP contribution < -0.4 is 10.2 Å². The summed E-state index contributed by atoms with van der Waals surface area (Å²) < 4.78 is 6.55. The molecule has 5 heteroatoms. The summed E-state index contributed by atoms with van der Waals surface area (Å²) in [4.78, 5) is 11.6. The molecule has 0 aromatic heterocycles. The molecule has 0 radical (unpaired) electrons. The van der Waals surface area contributed by atoms with Gasteiger partial charge in [0.25, 0.3) is 5.91 Å². The molecule has 0 atom stereocenters. The Bertz CT molecular complexity index is 637. The maximum Gasteiger partial charge on any atom is 0.277 e. The summed E-state index contributed by atoms with van der Waals surface area (Å²) in [5.74, 6) is 0.385. The number of amides is 1. The Hall–Kier alpha value is -1.89. The molecule has 2 aromatic rings. The largest absolute Gasteiger partial charge is 0.484 e. The zero-order valence-corrected chi connectivity index (χ0v) is 14.4. The second-order valence-electron chi connectivity index (χ2n) is 4.63. The Morgan fingerprint density at radius 2 is 1.86 bits per heavy atom. The summed E-state index contributed by atoms with van der Waals surface area (Å²) in [5.41, 5.74) is 4.60. The van der Waals surface area contributed by atoms with Crippen LogP contribution in [-0.4, -0.2) is 18.7 Å². The van der Waals surface area contributed by atoms with Gasteiger partial charge in [0.2, 0.25) is 0 Å². The molecule has 4 nitrogen and oxygen atoms in total. The number of halogens is 1. The fraction of sp³-hybridized carbons (Fsp3) is 0.176. The van der Waals surface area contributed by atoms with Crippen LogP contribution in [-0.2, 0) is 11.2 Å². The quantitative estimate of drug-likeness (QED) is 0.453. The Morgan fingerprint density at radius 3 is 2.50 bits per heavy atom. The lowest BCUT2D eigenvalue weighted by molar-refractivity contribution is -0.123. The topological polar surface area (TPSA) is 50.7 Å². The summed E-state index contributed by atoms with van der Waals surface area (Å²) in [6.45, 7) is 2.03. The van der Waals surface area contributed by atoms with Gasteiger partial charge >= 0.3 is 0 Å². The first kappa shape index (κ1) is 16.5. The second kappa shape index (κ2) is 8.53. The number of carbonyl (C=O) groups is 1. The molecule has 1 amide bonds. The Kier molecular flexibility index (Phi) is 6.39. The summed E-state index contributed by atoms with van der Waals surface area (Å²) in [6, 6.07) is 15.5. The number of ether oxygens (including phenoxy) is 1. The average molecular weight is 408 g/mol. The number of hydrazone groups is 1. The molecule has 0 bridgehead atoms. The van der Waals surface area contributed by atoms with Crippen molar-refractivity contribution in [3.05, 3.63) is 63.2 Å². The molecular formula is C17H17IN2O2. The monoisotopic (exact) mass is 408 g/mol. The van der Waals surface area contributed by atoms with Gasteiger partial charge in [0.15, 0.2) is 6.61 Å². The van der Waals surface area contributed by atoms with E-state index in [9.17, 15) is 4.79 Å². The summed E-state index contributed by atoms with van der Waals surface area (Å²) in [5, 5.41) is 3.90. The highest BCUT2D eigenvalue weighted by atomic mass is 127. The Morgan fingerprint density at radius 1 is 1.18 bits per heavy atom. The van der Waals surface area contributed by atoms with Gasteiger partial charge < -0.3 is 4.74 Å². The van der Waals surface area contributed by atoms with Crippen molar-refractivity contribution in [2.75, 3.05) is 6.61 Å². The van der Waals surface area contributed by atoms with Crippen molar-refractivity contribution in [3.8, 4) is 5.75 Å². The number of hydrogen-bond donors (Lipinski definition) is 1. The minimum Gasteiger partial charge on any atom is -0.484 e. The number of aryl methyl sites for hydroxylation is 1. The average Bonchev–Trinajstić information content (AvgIpc) is 2.55. The highest BCUT2D eigenvalue weighted by molar-refractivity contribution is 14.1. The SMILES string of the molecule is CCc1ccc(OCC(=O)N/N=C/c2ccc(I)cc2)cc1. The van der Waals surface area contributed by atoms with Gasteiger partial charge in [-0.05, 0) is 64.4 Å². The van der Waals surface area contributed by atoms with Crippen LogP contribution in [0.2, 0.25) is 0 Å². The summed E-state index contributed by atoms with van der Waals surface area (Å²) in [7, 11) is 0. The van der Waals surface area contributed by atoms with Crippen LogP contribution in [0.4, 0.5) is 0 Å². The van der Waals surface area contributed by atoms with Crippen LogP contribution in [0.5, 0.6) is 5.75 Å². The van der Waals surface area contributed by atoms with Gasteiger partial charge in [-0.25, -0.2) is 5.43 Å². The smallest absolute Gasteiger partial charge is 0.277 e. The maximum absolute atomic E-state index is 11.6. The van der Waals surface area contributed by atoms with Gasteiger partial charge in [0.05, 0.1) is 6.21 Å². The lowest BCUT2D eigenvalue weighted by Gasteiger charge is -2.05. The molecule has 22 heavy (non-hydrogen) atoms. The fourth-order valence-corrected chi connectivity index (χ4v) is 2.09. The van der Waals surface area contributed by atoms with Crippen molar-refractivity contribution in [3.63, 3.8) is 0 Å². The Balaban J connectivity index is 1.76. The first-order chi connectivity index (χ1) is 10.7. The van der Waals surface area contributed by atoms with Gasteiger partial charge in [-0.3, -0.25) is 4.79 Å². The Labute approximate surface area is 143 Å². The van der Waals surface area contributed by atoms with Gasteiger partial charge in [-0.1, -0.05) is 31.2 Å². The van der Waals surface area contributed by atoms with Gasteiger partial charge in [0.1, 0.15) is 5.75 Å². The molecule has 0 fully saturated rings. The first-order valence-corrected chi connectivity index (χ1v) is 8.04. The number of carbonyl (C=O) groups excluding carboxylic acids is 1. The zero-order valence-electron chi connectivity index (χ0n) is 12.3. The van der Waals surface area contributed by atoms with Crippen molar-refractivity contribution >= 4 is 34.7 Å². The molecular weight excluding hydrogens is 391 g/mol. The lowest BCUT2D eigenvalue weighted by Crippen LogP contribution is -2.24. The van der Waals surface area contributed by atoms with Crippen molar-refractivity contribution < 1.29 is 9.53 Å². The lowest BCUT2D eigenvalue weighted by atomic mass is 10.2. The molecule has 0 aliphatic heterocycles. The predicted octanol–water partition coefficient (Wildman–Crippen LogP) is 3.38. The van der Waals surface area contributed by atoms with Crippen molar-refractivity contribution in [1.29, 1.82) is 0 Å². The summed E-state index contributed by atoms with van der Waals surface area (Å²) >= 11 is 2.23.